The number of piperidine rings is 1. The smallest absolute Gasteiger partial charge is 0.240 e. The number of nitrogens with zero attached hydrogens (tertiary/aromatic N) is 4. The minimum absolute atomic E-state index is 0.226. The lowest BCUT2D eigenvalue weighted by Gasteiger charge is -2.47. The molecule has 2 heterocycles. The van der Waals surface area contributed by atoms with Crippen molar-refractivity contribution >= 4 is 5.91 Å². The average molecular weight is 334 g/mol. The molecule has 6 heteroatoms. The number of hydrogen-bond donors (Lipinski definition) is 0. The van der Waals surface area contributed by atoms with Crippen LogP contribution in [0.3, 0.4) is 0 Å². The summed E-state index contributed by atoms with van der Waals surface area (Å²) in [4.78, 5) is 20.3. The van der Waals surface area contributed by atoms with Gasteiger partial charge in [-0.05, 0) is 51.0 Å². The lowest BCUT2D eigenvalue weighted by atomic mass is 9.66. The number of carbonyl (C=O) groups is 1. The van der Waals surface area contributed by atoms with Crippen LogP contribution in [0.4, 0.5) is 0 Å². The molecule has 0 unspecified atom stereocenters. The molecule has 0 radical (unpaired) electrons. The van der Waals surface area contributed by atoms with Crippen LogP contribution in [-0.4, -0.2) is 52.0 Å². The Hall–Kier alpha value is -1.43. The number of rotatable bonds is 4. The molecule has 1 amide bonds. The van der Waals surface area contributed by atoms with Crippen molar-refractivity contribution in [3.05, 3.63) is 11.7 Å². The topological polar surface area (TPSA) is 62.5 Å². The Kier molecular flexibility index (Phi) is 5.23. The summed E-state index contributed by atoms with van der Waals surface area (Å²) in [5.41, 5.74) is 0.475. The zero-order chi connectivity index (χ0) is 17.2. The first-order valence-electron chi connectivity index (χ1n) is 9.28. The van der Waals surface area contributed by atoms with E-state index >= 15 is 0 Å². The summed E-state index contributed by atoms with van der Waals surface area (Å²) >= 11 is 0. The lowest BCUT2D eigenvalue weighted by Crippen LogP contribution is -2.46. The van der Waals surface area contributed by atoms with Crippen LogP contribution in [-0.2, 0) is 17.8 Å². The number of amides is 1. The first kappa shape index (κ1) is 17.4. The minimum atomic E-state index is 0.226. The van der Waals surface area contributed by atoms with Crippen LogP contribution in [0.5, 0.6) is 0 Å². The number of aryl methyl sites for hydroxylation is 1. The summed E-state index contributed by atoms with van der Waals surface area (Å²) in [6.45, 7) is 6.35. The molecule has 6 nitrogen and oxygen atoms in total. The highest BCUT2D eigenvalue weighted by Crippen LogP contribution is 2.45. The van der Waals surface area contributed by atoms with Gasteiger partial charge < -0.3 is 9.42 Å². The van der Waals surface area contributed by atoms with Gasteiger partial charge in [0.25, 0.3) is 0 Å². The molecule has 134 valence electrons. The maximum atomic E-state index is 11.5. The molecule has 0 aromatic carbocycles. The van der Waals surface area contributed by atoms with Gasteiger partial charge in [0.1, 0.15) is 0 Å². The van der Waals surface area contributed by atoms with E-state index in [9.17, 15) is 4.79 Å². The van der Waals surface area contributed by atoms with Crippen LogP contribution >= 0.6 is 0 Å². The van der Waals surface area contributed by atoms with Crippen LogP contribution in [0.25, 0.3) is 0 Å². The minimum Gasteiger partial charge on any atom is -0.343 e. The fourth-order valence-electron chi connectivity index (χ4n) is 4.29. The maximum absolute atomic E-state index is 11.5. The van der Waals surface area contributed by atoms with Crippen molar-refractivity contribution in [1.82, 2.24) is 19.9 Å². The largest absolute Gasteiger partial charge is 0.343 e. The Bertz CT molecular complexity index is 553. The molecular weight excluding hydrogens is 304 g/mol. The second-order valence-corrected chi connectivity index (χ2v) is 7.61. The summed E-state index contributed by atoms with van der Waals surface area (Å²) in [5, 5.41) is 3.98. The Morgan fingerprint density at radius 3 is 2.50 bits per heavy atom. The average Bonchev–Trinajstić information content (AvgIpc) is 3.03. The van der Waals surface area contributed by atoms with Crippen molar-refractivity contribution < 1.29 is 9.32 Å². The van der Waals surface area contributed by atoms with E-state index in [1.165, 1.54) is 38.5 Å². The number of carbonyl (C=O) groups excluding carboxylic acids is 1. The first-order valence-corrected chi connectivity index (χ1v) is 9.28. The Morgan fingerprint density at radius 2 is 1.96 bits per heavy atom. The third kappa shape index (κ3) is 3.79. The molecule has 1 aliphatic carbocycles. The predicted molar refractivity (Wildman–Crippen MR) is 91.3 cm³/mol. The van der Waals surface area contributed by atoms with E-state index < -0.39 is 0 Å². The summed E-state index contributed by atoms with van der Waals surface area (Å²) in [6, 6.07) is 0.596. The molecule has 0 atom stereocenters. The summed E-state index contributed by atoms with van der Waals surface area (Å²) < 4.78 is 5.32. The van der Waals surface area contributed by atoms with Crippen molar-refractivity contribution in [3.8, 4) is 0 Å². The molecule has 1 aliphatic heterocycles. The number of likely N-dealkylation sites (tertiary alicyclic amines) is 1. The molecule has 0 N–H and O–H groups in total. The van der Waals surface area contributed by atoms with Crippen LogP contribution in [0.1, 0.15) is 64.1 Å². The Balaban J connectivity index is 1.49. The van der Waals surface area contributed by atoms with Gasteiger partial charge in [-0.25, -0.2) is 0 Å². The van der Waals surface area contributed by atoms with E-state index in [-0.39, 0.29) is 5.91 Å². The molecule has 2 aliphatic rings. The predicted octanol–water partition coefficient (Wildman–Crippen LogP) is 2.64. The molecule has 1 aromatic rings. The summed E-state index contributed by atoms with van der Waals surface area (Å²) in [5.74, 6) is 1.74. The van der Waals surface area contributed by atoms with Crippen molar-refractivity contribution in [2.45, 2.75) is 71.4 Å². The first-order chi connectivity index (χ1) is 11.5. The van der Waals surface area contributed by atoms with E-state index in [0.717, 1.165) is 37.8 Å². The van der Waals surface area contributed by atoms with Crippen molar-refractivity contribution in [3.63, 3.8) is 0 Å². The Labute approximate surface area is 144 Å². The van der Waals surface area contributed by atoms with Crippen molar-refractivity contribution in [2.75, 3.05) is 20.1 Å². The van der Waals surface area contributed by atoms with Gasteiger partial charge in [-0.1, -0.05) is 12.1 Å². The third-order valence-electron chi connectivity index (χ3n) is 6.12. The van der Waals surface area contributed by atoms with Crippen LogP contribution in [0, 0.1) is 5.41 Å². The highest BCUT2D eigenvalue weighted by Gasteiger charge is 2.39. The third-order valence-corrected chi connectivity index (χ3v) is 6.12. The van der Waals surface area contributed by atoms with E-state index in [4.69, 9.17) is 4.52 Å². The number of aromatic nitrogens is 2. The van der Waals surface area contributed by atoms with E-state index in [1.807, 2.05) is 11.8 Å². The summed E-state index contributed by atoms with van der Waals surface area (Å²) in [6.07, 6.45) is 8.17. The lowest BCUT2D eigenvalue weighted by molar-refractivity contribution is -0.131. The summed E-state index contributed by atoms with van der Waals surface area (Å²) in [7, 11) is 2.16. The molecule has 1 saturated carbocycles. The standard InChI is InChI=1S/C18H30N4O2/c1-4-16-19-17(24-20-16)13-21(3)15-5-7-18(8-6-15)9-11-22(12-10-18)14(2)23/h15H,4-13H2,1-3H3. The second-order valence-electron chi connectivity index (χ2n) is 7.61. The van der Waals surface area contributed by atoms with Gasteiger partial charge in [-0.15, -0.1) is 0 Å². The van der Waals surface area contributed by atoms with Gasteiger partial charge in [-0.3, -0.25) is 9.69 Å². The Morgan fingerprint density at radius 1 is 1.29 bits per heavy atom. The molecule has 3 rings (SSSR count). The zero-order valence-electron chi connectivity index (χ0n) is 15.3. The molecule has 2 fully saturated rings. The van der Waals surface area contributed by atoms with Gasteiger partial charge >= 0.3 is 0 Å². The highest BCUT2D eigenvalue weighted by molar-refractivity contribution is 5.73. The normalized spacial score (nSPS) is 21.6. The van der Waals surface area contributed by atoms with Gasteiger partial charge in [0.2, 0.25) is 11.8 Å². The van der Waals surface area contributed by atoms with E-state index in [0.29, 0.717) is 11.5 Å². The molecule has 0 bridgehead atoms. The van der Waals surface area contributed by atoms with Gasteiger partial charge in [0, 0.05) is 32.5 Å². The molecule has 1 saturated heterocycles. The molecule has 24 heavy (non-hydrogen) atoms. The van der Waals surface area contributed by atoms with Crippen LogP contribution in [0.15, 0.2) is 4.52 Å². The van der Waals surface area contributed by atoms with Gasteiger partial charge in [0.15, 0.2) is 5.82 Å². The quantitative estimate of drug-likeness (QED) is 0.847. The SMILES string of the molecule is CCc1noc(CN(C)C2CCC3(CC2)CCN(C(C)=O)CC3)n1. The maximum Gasteiger partial charge on any atom is 0.240 e. The van der Waals surface area contributed by atoms with E-state index in [2.05, 4.69) is 22.1 Å². The monoisotopic (exact) mass is 334 g/mol. The molecule has 1 aromatic heterocycles. The van der Waals surface area contributed by atoms with Crippen LogP contribution in [0.2, 0.25) is 0 Å². The number of hydrogen-bond acceptors (Lipinski definition) is 5. The van der Waals surface area contributed by atoms with Crippen molar-refractivity contribution in [1.29, 1.82) is 0 Å². The zero-order valence-corrected chi connectivity index (χ0v) is 15.3. The fraction of sp³-hybridized carbons (Fsp3) is 0.833. The molecule has 1 spiro atoms. The second kappa shape index (κ2) is 7.21. The van der Waals surface area contributed by atoms with Crippen LogP contribution < -0.4 is 0 Å². The molecular formula is C18H30N4O2. The van der Waals surface area contributed by atoms with Gasteiger partial charge in [-0.2, -0.15) is 4.98 Å². The van der Waals surface area contributed by atoms with E-state index in [1.54, 1.807) is 6.92 Å². The fourth-order valence-corrected chi connectivity index (χ4v) is 4.29. The van der Waals surface area contributed by atoms with Crippen molar-refractivity contribution in [2.24, 2.45) is 5.41 Å². The van der Waals surface area contributed by atoms with Gasteiger partial charge in [0.05, 0.1) is 6.54 Å². The highest BCUT2D eigenvalue weighted by atomic mass is 16.5.